The number of likely N-dealkylation sites (tertiary alicyclic amines) is 1. The van der Waals surface area contributed by atoms with Crippen molar-refractivity contribution >= 4 is 17.6 Å². The Kier molecular flexibility index (Phi) is 3.30. The molecule has 0 radical (unpaired) electrons. The zero-order chi connectivity index (χ0) is 16.0. The molecular formula is C17H21N3O3. The molecule has 2 aliphatic heterocycles. The van der Waals surface area contributed by atoms with E-state index in [1.165, 1.54) is 17.9 Å². The third-order valence-corrected chi connectivity index (χ3v) is 4.81. The van der Waals surface area contributed by atoms with Crippen molar-refractivity contribution in [2.24, 2.45) is 5.92 Å². The molecule has 122 valence electrons. The number of benzene rings is 1. The number of urea groups is 1. The number of rotatable bonds is 3. The number of nitrogens with zero attached hydrogens (tertiary/aromatic N) is 2. The molecule has 0 atom stereocenters. The second kappa shape index (κ2) is 5.23. The molecule has 4 rings (SSSR count). The largest absolute Gasteiger partial charge is 0.322 e. The summed E-state index contributed by atoms with van der Waals surface area (Å²) in [5, 5.41) is 4.44. The van der Waals surface area contributed by atoms with Crippen molar-refractivity contribution in [3.63, 3.8) is 0 Å². The zero-order valence-electron chi connectivity index (χ0n) is 13.2. The van der Waals surface area contributed by atoms with Crippen molar-refractivity contribution in [2.75, 3.05) is 25.0 Å². The summed E-state index contributed by atoms with van der Waals surface area (Å²) in [5.41, 5.74) is 1.35. The van der Waals surface area contributed by atoms with Crippen LogP contribution >= 0.6 is 0 Å². The van der Waals surface area contributed by atoms with E-state index in [0.29, 0.717) is 32.0 Å². The summed E-state index contributed by atoms with van der Waals surface area (Å²) in [7, 11) is 0. The summed E-state index contributed by atoms with van der Waals surface area (Å²) in [4.78, 5) is 31.9. The molecule has 6 nitrogen and oxygen atoms in total. The first-order valence-electron chi connectivity index (χ1n) is 8.16. The highest BCUT2D eigenvalue weighted by atomic mass is 16.7. The van der Waals surface area contributed by atoms with Crippen LogP contribution in [-0.4, -0.2) is 47.1 Å². The molecular weight excluding hydrogens is 294 g/mol. The predicted octanol–water partition coefficient (Wildman–Crippen LogP) is 2.16. The van der Waals surface area contributed by atoms with E-state index in [0.717, 1.165) is 11.3 Å². The Hall–Kier alpha value is -2.08. The number of hydrogen-bond donors (Lipinski definition) is 1. The number of nitrogens with one attached hydrogen (secondary N) is 1. The topological polar surface area (TPSA) is 61.9 Å². The smallest absolute Gasteiger partial charge is 0.318 e. The maximum Gasteiger partial charge on any atom is 0.322 e. The molecule has 1 aliphatic carbocycles. The third-order valence-electron chi connectivity index (χ3n) is 4.81. The Balaban J connectivity index is 1.33. The van der Waals surface area contributed by atoms with Crippen molar-refractivity contribution in [1.29, 1.82) is 0 Å². The quantitative estimate of drug-likeness (QED) is 0.930. The minimum absolute atomic E-state index is 0.0517. The standard InChI is InChI=1S/C17H21N3O3/c1-12-4-2-3-5-14(12)18-16(22)19-10-17(11-19)8-15(21)20(23-17)9-13-6-7-13/h2-5,13H,6-11H2,1H3,(H,18,22). The second-order valence-electron chi connectivity index (χ2n) is 6.95. The van der Waals surface area contributed by atoms with E-state index in [4.69, 9.17) is 4.84 Å². The van der Waals surface area contributed by atoms with Gasteiger partial charge >= 0.3 is 6.03 Å². The van der Waals surface area contributed by atoms with Gasteiger partial charge in [0.25, 0.3) is 0 Å². The molecule has 1 saturated carbocycles. The number of anilines is 1. The van der Waals surface area contributed by atoms with Gasteiger partial charge in [0.05, 0.1) is 26.1 Å². The van der Waals surface area contributed by atoms with Crippen molar-refractivity contribution < 1.29 is 14.4 Å². The monoisotopic (exact) mass is 315 g/mol. The van der Waals surface area contributed by atoms with Crippen LogP contribution in [0.4, 0.5) is 10.5 Å². The lowest BCUT2D eigenvalue weighted by atomic mass is 9.91. The molecule has 3 amide bonds. The van der Waals surface area contributed by atoms with Crippen molar-refractivity contribution in [3.8, 4) is 0 Å². The van der Waals surface area contributed by atoms with E-state index in [1.54, 1.807) is 4.90 Å². The number of carbonyl (C=O) groups is 2. The Morgan fingerprint density at radius 3 is 2.78 bits per heavy atom. The molecule has 0 aromatic heterocycles. The SMILES string of the molecule is Cc1ccccc1NC(=O)N1CC2(CC(=O)N(CC3CC3)O2)C1. The first-order chi connectivity index (χ1) is 11.0. The number of aryl methyl sites for hydroxylation is 1. The molecule has 2 saturated heterocycles. The van der Waals surface area contributed by atoms with Crippen LogP contribution < -0.4 is 5.32 Å². The molecule has 6 heteroatoms. The van der Waals surface area contributed by atoms with Crippen LogP contribution in [0.5, 0.6) is 0 Å². The summed E-state index contributed by atoms with van der Waals surface area (Å²) >= 11 is 0. The zero-order valence-corrected chi connectivity index (χ0v) is 13.2. The van der Waals surface area contributed by atoms with Crippen LogP contribution in [0.1, 0.15) is 24.8 Å². The van der Waals surface area contributed by atoms with Crippen LogP contribution in [0, 0.1) is 12.8 Å². The summed E-state index contributed by atoms with van der Waals surface area (Å²) < 4.78 is 0. The van der Waals surface area contributed by atoms with Crippen LogP contribution in [0.25, 0.3) is 0 Å². The van der Waals surface area contributed by atoms with E-state index in [1.807, 2.05) is 31.2 Å². The Morgan fingerprint density at radius 1 is 1.35 bits per heavy atom. The highest BCUT2D eigenvalue weighted by Gasteiger charge is 2.55. The molecule has 1 N–H and O–H groups in total. The molecule has 3 fully saturated rings. The van der Waals surface area contributed by atoms with Gasteiger partial charge in [-0.25, -0.2) is 9.86 Å². The Labute approximate surface area is 135 Å². The molecule has 23 heavy (non-hydrogen) atoms. The Morgan fingerprint density at radius 2 is 2.09 bits per heavy atom. The summed E-state index contributed by atoms with van der Waals surface area (Å²) in [6.45, 7) is 3.60. The van der Waals surface area contributed by atoms with Crippen LogP contribution in [0.2, 0.25) is 0 Å². The second-order valence-corrected chi connectivity index (χ2v) is 6.95. The molecule has 1 spiro atoms. The summed E-state index contributed by atoms with van der Waals surface area (Å²) in [5.74, 6) is 0.658. The lowest BCUT2D eigenvalue weighted by molar-refractivity contribution is -0.229. The van der Waals surface area contributed by atoms with Gasteiger partial charge in [-0.3, -0.25) is 9.63 Å². The van der Waals surface area contributed by atoms with Gasteiger partial charge in [0.1, 0.15) is 5.60 Å². The lowest BCUT2D eigenvalue weighted by Gasteiger charge is -2.45. The highest BCUT2D eigenvalue weighted by molar-refractivity contribution is 5.91. The van der Waals surface area contributed by atoms with Crippen molar-refractivity contribution in [3.05, 3.63) is 29.8 Å². The van der Waals surface area contributed by atoms with Gasteiger partial charge < -0.3 is 10.2 Å². The number of hydrogen-bond acceptors (Lipinski definition) is 3. The fourth-order valence-electron chi connectivity index (χ4n) is 3.22. The average molecular weight is 315 g/mol. The van der Waals surface area contributed by atoms with Crippen molar-refractivity contribution in [2.45, 2.75) is 31.8 Å². The van der Waals surface area contributed by atoms with Gasteiger partial charge in [-0.1, -0.05) is 18.2 Å². The van der Waals surface area contributed by atoms with Gasteiger partial charge in [-0.05, 0) is 37.3 Å². The van der Waals surface area contributed by atoms with Crippen LogP contribution in [-0.2, 0) is 9.63 Å². The van der Waals surface area contributed by atoms with E-state index in [9.17, 15) is 9.59 Å². The van der Waals surface area contributed by atoms with E-state index >= 15 is 0 Å². The van der Waals surface area contributed by atoms with E-state index in [2.05, 4.69) is 5.32 Å². The lowest BCUT2D eigenvalue weighted by Crippen LogP contribution is -2.64. The number of hydroxylamine groups is 2. The minimum atomic E-state index is -0.491. The average Bonchev–Trinajstić information content (AvgIpc) is 3.23. The van der Waals surface area contributed by atoms with Gasteiger partial charge in [0.2, 0.25) is 5.91 Å². The normalized spacial score (nSPS) is 22.4. The van der Waals surface area contributed by atoms with Gasteiger partial charge in [-0.2, -0.15) is 0 Å². The maximum atomic E-state index is 12.3. The minimum Gasteiger partial charge on any atom is -0.318 e. The predicted molar refractivity (Wildman–Crippen MR) is 84.6 cm³/mol. The first-order valence-corrected chi connectivity index (χ1v) is 8.16. The van der Waals surface area contributed by atoms with E-state index in [-0.39, 0.29) is 11.9 Å². The third kappa shape index (κ3) is 2.79. The highest BCUT2D eigenvalue weighted by Crippen LogP contribution is 2.39. The maximum absolute atomic E-state index is 12.3. The number of carbonyl (C=O) groups excluding carboxylic acids is 2. The van der Waals surface area contributed by atoms with Crippen LogP contribution in [0.15, 0.2) is 24.3 Å². The first kappa shape index (κ1) is 14.5. The molecule has 3 aliphatic rings. The fraction of sp³-hybridized carbons (Fsp3) is 0.529. The number of amides is 3. The molecule has 1 aromatic rings. The van der Waals surface area contributed by atoms with Gasteiger partial charge in [0.15, 0.2) is 0 Å². The molecule has 1 aromatic carbocycles. The molecule has 2 heterocycles. The van der Waals surface area contributed by atoms with E-state index < -0.39 is 5.60 Å². The molecule has 0 unspecified atom stereocenters. The summed E-state index contributed by atoms with van der Waals surface area (Å²) in [6, 6.07) is 7.55. The summed E-state index contributed by atoms with van der Waals surface area (Å²) in [6.07, 6.45) is 2.75. The van der Waals surface area contributed by atoms with Gasteiger partial charge in [-0.15, -0.1) is 0 Å². The van der Waals surface area contributed by atoms with Crippen molar-refractivity contribution in [1.82, 2.24) is 9.96 Å². The number of para-hydroxylation sites is 1. The van der Waals surface area contributed by atoms with Crippen LogP contribution in [0.3, 0.4) is 0 Å². The van der Waals surface area contributed by atoms with Gasteiger partial charge in [0, 0.05) is 5.69 Å². The fourth-order valence-corrected chi connectivity index (χ4v) is 3.22. The molecule has 0 bridgehead atoms. The Bertz CT molecular complexity index is 650.